The molecule has 0 saturated carbocycles. The fourth-order valence-electron chi connectivity index (χ4n) is 3.52. The van der Waals surface area contributed by atoms with Gasteiger partial charge in [-0.1, -0.05) is 70.4 Å². The second kappa shape index (κ2) is 17.6. The summed E-state index contributed by atoms with van der Waals surface area (Å²) in [6.45, 7) is 18.1. The van der Waals surface area contributed by atoms with E-state index in [1.54, 1.807) is 0 Å². The van der Waals surface area contributed by atoms with E-state index in [-0.39, 0.29) is 0 Å². The van der Waals surface area contributed by atoms with Crippen LogP contribution in [0.15, 0.2) is 30.3 Å². The van der Waals surface area contributed by atoms with Crippen molar-refractivity contribution < 1.29 is 30.7 Å². The van der Waals surface area contributed by atoms with Crippen molar-refractivity contribution in [1.82, 2.24) is 9.80 Å². The Morgan fingerprint density at radius 2 is 1.31 bits per heavy atom. The molecule has 0 aliphatic rings. The second-order valence-electron chi connectivity index (χ2n) is 8.33. The average molecular weight is 524 g/mol. The lowest BCUT2D eigenvalue weighted by Gasteiger charge is -2.30. The third-order valence-electron chi connectivity index (χ3n) is 5.46. The van der Waals surface area contributed by atoms with Crippen LogP contribution in [0.25, 0.3) is 0 Å². The molecule has 10 heteroatoms. The van der Waals surface area contributed by atoms with Crippen LogP contribution in [0.1, 0.15) is 78.7 Å². The number of nitrogens with zero attached hydrogens (tertiary/aromatic N) is 3. The maximum atomic E-state index is 10.7. The van der Waals surface area contributed by atoms with Crippen molar-refractivity contribution in [3.8, 4) is 0 Å². The van der Waals surface area contributed by atoms with E-state index in [1.165, 1.54) is 63.1 Å². The Hall–Kier alpha value is -1.81. The molecule has 0 aromatic heterocycles. The Morgan fingerprint density at radius 3 is 1.69 bits per heavy atom. The maximum absolute atomic E-state index is 10.7. The molecule has 204 valence electrons. The molecule has 0 bridgehead atoms. The Kier molecular flexibility index (Phi) is 16.7. The minimum absolute atomic E-state index is 1.00. The van der Waals surface area contributed by atoms with E-state index in [4.69, 9.17) is 13.0 Å². The summed E-state index contributed by atoms with van der Waals surface area (Å²) in [6, 6.07) is 11.0. The van der Waals surface area contributed by atoms with Gasteiger partial charge in [0.05, 0.1) is 39.3 Å². The van der Waals surface area contributed by atoms with Gasteiger partial charge in [0.1, 0.15) is 0 Å². The highest BCUT2D eigenvalue weighted by Gasteiger charge is 2.37. The van der Waals surface area contributed by atoms with Crippen LogP contribution in [0.4, 0.5) is 13.2 Å². The quantitative estimate of drug-likeness (QED) is 0.110. The Labute approximate surface area is 210 Å². The van der Waals surface area contributed by atoms with E-state index < -0.39 is 15.6 Å². The van der Waals surface area contributed by atoms with Crippen LogP contribution in [-0.2, 0) is 16.7 Å². The summed E-state index contributed by atoms with van der Waals surface area (Å²) in [5.74, 6) is 1.46. The predicted octanol–water partition coefficient (Wildman–Crippen LogP) is 5.65. The predicted molar refractivity (Wildman–Crippen MR) is 135 cm³/mol. The number of unbranched alkanes of at least 4 members (excludes halogenated alkanes) is 3. The van der Waals surface area contributed by atoms with E-state index in [2.05, 4.69) is 79.3 Å². The van der Waals surface area contributed by atoms with Gasteiger partial charge < -0.3 is 4.55 Å². The van der Waals surface area contributed by atoms with Gasteiger partial charge in [-0.25, -0.2) is 8.42 Å². The highest BCUT2D eigenvalue weighted by Crippen LogP contribution is 2.20. The van der Waals surface area contributed by atoms with Crippen LogP contribution in [0.3, 0.4) is 0 Å². The molecule has 1 aromatic carbocycles. The van der Waals surface area contributed by atoms with Crippen LogP contribution in [0.5, 0.6) is 0 Å². The average Bonchev–Trinajstić information content (AvgIpc) is 2.81. The van der Waals surface area contributed by atoms with E-state index in [9.17, 15) is 13.2 Å². The molecule has 35 heavy (non-hydrogen) atoms. The topological polar surface area (TPSA) is 66.7 Å². The third kappa shape index (κ3) is 13.2. The lowest BCUT2D eigenvalue weighted by Crippen LogP contribution is -2.50. The van der Waals surface area contributed by atoms with Gasteiger partial charge in [-0.3, -0.25) is 14.4 Å². The molecule has 0 heterocycles. The monoisotopic (exact) mass is 523 g/mol. The molecule has 0 N–H and O–H groups in total. The number of alkyl halides is 3. The molecule has 0 radical (unpaired) electrons. The number of benzene rings is 1. The molecule has 1 rings (SSSR count). The van der Waals surface area contributed by atoms with E-state index in [1.807, 2.05) is 0 Å². The first-order valence-corrected chi connectivity index (χ1v) is 14.0. The lowest BCUT2D eigenvalue weighted by molar-refractivity contribution is -0.554. The molecule has 0 aliphatic carbocycles. The van der Waals surface area contributed by atoms with Crippen LogP contribution in [0, 0.1) is 0 Å². The van der Waals surface area contributed by atoms with Gasteiger partial charge in [-0.15, -0.1) is 0 Å². The van der Waals surface area contributed by atoms with Crippen molar-refractivity contribution in [2.24, 2.45) is 0 Å². The van der Waals surface area contributed by atoms with Gasteiger partial charge in [-0.2, -0.15) is 13.2 Å². The van der Waals surface area contributed by atoms with Crippen molar-refractivity contribution in [1.29, 1.82) is 0 Å². The Morgan fingerprint density at radius 1 is 0.857 bits per heavy atom. The van der Waals surface area contributed by atoms with Gasteiger partial charge in [-0.05, 0) is 38.7 Å². The minimum Gasteiger partial charge on any atom is -0.741 e. The summed E-state index contributed by atoms with van der Waals surface area (Å²) < 4.78 is 61.6. The van der Waals surface area contributed by atoms with Crippen molar-refractivity contribution in [3.05, 3.63) is 35.9 Å². The second-order valence-corrected chi connectivity index (χ2v) is 9.70. The largest absolute Gasteiger partial charge is 0.741 e. The molecule has 6 nitrogen and oxygen atoms in total. The van der Waals surface area contributed by atoms with Gasteiger partial charge in [0.2, 0.25) is 0 Å². The molecule has 0 spiro atoms. The summed E-state index contributed by atoms with van der Waals surface area (Å²) >= 11 is 0. The molecular weight excluding hydrogens is 479 g/mol. The fraction of sp³-hybridized carbons (Fsp3) is 0.720. The zero-order valence-corrected chi connectivity index (χ0v) is 22.8. The van der Waals surface area contributed by atoms with Crippen LogP contribution >= 0.6 is 0 Å². The molecule has 0 aliphatic heterocycles. The fourth-order valence-corrected chi connectivity index (χ4v) is 3.52. The summed E-state index contributed by atoms with van der Waals surface area (Å²) in [4.78, 5) is 5.25. The van der Waals surface area contributed by atoms with Crippen molar-refractivity contribution in [2.45, 2.75) is 85.2 Å². The first-order chi connectivity index (χ1) is 16.5. The van der Waals surface area contributed by atoms with Crippen molar-refractivity contribution >= 4 is 16.1 Å². The van der Waals surface area contributed by atoms with Gasteiger partial charge in [0.25, 0.3) is 0 Å². The van der Waals surface area contributed by atoms with Crippen LogP contribution in [0.2, 0.25) is 0 Å². The zero-order valence-electron chi connectivity index (χ0n) is 22.0. The normalized spacial score (nSPS) is 12.5. The molecule has 0 fully saturated rings. The first kappa shape index (κ1) is 33.2. The van der Waals surface area contributed by atoms with E-state index >= 15 is 0 Å². The van der Waals surface area contributed by atoms with Crippen LogP contribution in [-0.4, -0.2) is 71.5 Å². The SMILES string of the molecule is CCCCN(CCCC)C(N(CC)CC)=[N+](CCCC)Cc1ccccc1.O=S(=O)([O-])C(F)(F)F. The number of hydrogen-bond acceptors (Lipinski definition) is 3. The van der Waals surface area contributed by atoms with Gasteiger partial charge in [0.15, 0.2) is 10.1 Å². The highest BCUT2D eigenvalue weighted by atomic mass is 32.2. The zero-order chi connectivity index (χ0) is 26.9. The standard InChI is InChI=1S/C24H44N3.CHF3O3S/c1-6-11-19-26(20-12-7-2)24(25(9-4)10-5)27(21-13-8-3)22-23-17-15-14-16-18-23;2-1(3,4)8(5,6)7/h14-18H,6-13,19-22H2,1-5H3;(H,5,6,7)/q+1;/p-1. The van der Waals surface area contributed by atoms with E-state index in [0.29, 0.717) is 0 Å². The van der Waals surface area contributed by atoms with Gasteiger partial charge >= 0.3 is 11.5 Å². The summed E-state index contributed by atoms with van der Waals surface area (Å²) in [5, 5.41) is 0. The summed E-state index contributed by atoms with van der Waals surface area (Å²) in [7, 11) is -6.09. The smallest absolute Gasteiger partial charge is 0.485 e. The molecular formula is C25H44F3N3O3S. The molecule has 1 aromatic rings. The summed E-state index contributed by atoms with van der Waals surface area (Å²) in [6.07, 6.45) is 7.51. The number of hydrogen-bond donors (Lipinski definition) is 0. The molecule has 0 atom stereocenters. The highest BCUT2D eigenvalue weighted by molar-refractivity contribution is 7.86. The number of guanidine groups is 1. The lowest BCUT2D eigenvalue weighted by atomic mass is 10.2. The first-order valence-electron chi connectivity index (χ1n) is 12.6. The van der Waals surface area contributed by atoms with Gasteiger partial charge in [0, 0.05) is 0 Å². The maximum Gasteiger partial charge on any atom is 0.485 e. The molecule has 0 saturated heterocycles. The van der Waals surface area contributed by atoms with Crippen LogP contribution < -0.4 is 0 Å². The Balaban J connectivity index is 0.00000124. The minimum atomic E-state index is -6.09. The number of halogens is 3. The number of rotatable bonds is 13. The molecule has 0 unspecified atom stereocenters. The molecule has 0 amide bonds. The van der Waals surface area contributed by atoms with Crippen molar-refractivity contribution in [3.63, 3.8) is 0 Å². The van der Waals surface area contributed by atoms with Crippen molar-refractivity contribution in [2.75, 3.05) is 32.7 Å². The third-order valence-corrected chi connectivity index (χ3v) is 6.02. The van der Waals surface area contributed by atoms with E-state index in [0.717, 1.165) is 26.2 Å². The summed E-state index contributed by atoms with van der Waals surface area (Å²) in [5.41, 5.74) is -4.24. The Bertz CT molecular complexity index is 804.